The van der Waals surface area contributed by atoms with Crippen LogP contribution in [0.5, 0.6) is 0 Å². The molecule has 4 heteroatoms. The van der Waals surface area contributed by atoms with Gasteiger partial charge >= 0.3 is 0 Å². The number of fused-ring (bicyclic) bond motifs is 1. The van der Waals surface area contributed by atoms with Crippen molar-refractivity contribution in [1.29, 1.82) is 0 Å². The van der Waals surface area contributed by atoms with Crippen LogP contribution >= 0.6 is 0 Å². The summed E-state index contributed by atoms with van der Waals surface area (Å²) in [6.07, 6.45) is 2.27. The van der Waals surface area contributed by atoms with E-state index in [1.54, 1.807) is 0 Å². The number of hydrogen-bond acceptors (Lipinski definition) is 3. The Morgan fingerprint density at radius 3 is 2.89 bits per heavy atom. The first-order valence-electron chi connectivity index (χ1n) is 6.24. The van der Waals surface area contributed by atoms with E-state index in [0.29, 0.717) is 0 Å². The molecule has 1 heterocycles. The lowest BCUT2D eigenvalue weighted by atomic mass is 10.2. The Balaban J connectivity index is 2.14. The van der Waals surface area contributed by atoms with Gasteiger partial charge in [-0.3, -0.25) is 4.79 Å². The molecule has 0 spiro atoms. The van der Waals surface area contributed by atoms with Crippen molar-refractivity contribution >= 4 is 28.4 Å². The molecule has 0 fully saturated rings. The molecule has 2 aromatic rings. The third kappa shape index (κ3) is 3.03. The highest BCUT2D eigenvalue weighted by Crippen LogP contribution is 2.25. The van der Waals surface area contributed by atoms with Gasteiger partial charge in [0.25, 0.3) is 0 Å². The first kappa shape index (κ1) is 12.5. The second kappa shape index (κ2) is 5.58. The molecule has 18 heavy (non-hydrogen) atoms. The highest BCUT2D eigenvalue weighted by Gasteiger charge is 2.04. The molecule has 0 aliphatic carbocycles. The number of benzene rings is 1. The number of carbonyl (C=O) groups is 1. The first-order chi connectivity index (χ1) is 8.69. The average Bonchev–Trinajstić information content (AvgIpc) is 2.70. The van der Waals surface area contributed by atoms with Gasteiger partial charge in [-0.15, -0.1) is 0 Å². The van der Waals surface area contributed by atoms with Crippen LogP contribution in [0.3, 0.4) is 0 Å². The number of carbonyl (C=O) groups excluding carboxylic acids is 1. The summed E-state index contributed by atoms with van der Waals surface area (Å²) in [7, 11) is 0. The van der Waals surface area contributed by atoms with Crippen molar-refractivity contribution in [3.8, 4) is 0 Å². The lowest BCUT2D eigenvalue weighted by Gasteiger charge is -2.00. The second-order valence-electron chi connectivity index (χ2n) is 4.32. The summed E-state index contributed by atoms with van der Waals surface area (Å²) < 4.78 is 5.65. The maximum atomic E-state index is 11.0. The molecule has 2 N–H and O–H groups in total. The largest absolute Gasteiger partial charge is 0.441 e. The van der Waals surface area contributed by atoms with E-state index in [4.69, 9.17) is 4.42 Å². The van der Waals surface area contributed by atoms with Gasteiger partial charge < -0.3 is 15.1 Å². The fraction of sp³-hybridized carbons (Fsp3) is 0.357. The van der Waals surface area contributed by atoms with Crippen molar-refractivity contribution in [2.24, 2.45) is 0 Å². The molecule has 0 radical (unpaired) electrons. The summed E-state index contributed by atoms with van der Waals surface area (Å²) in [6.45, 7) is 4.56. The monoisotopic (exact) mass is 246 g/mol. The van der Waals surface area contributed by atoms with Gasteiger partial charge in [0.15, 0.2) is 5.88 Å². The molecule has 0 aliphatic heterocycles. The van der Waals surface area contributed by atoms with Crippen LogP contribution in [-0.4, -0.2) is 12.5 Å². The Morgan fingerprint density at radius 2 is 2.17 bits per heavy atom. The van der Waals surface area contributed by atoms with Crippen LogP contribution in [-0.2, 0) is 4.79 Å². The van der Waals surface area contributed by atoms with Crippen LogP contribution in [0.1, 0.15) is 26.7 Å². The molecule has 0 aliphatic rings. The van der Waals surface area contributed by atoms with Gasteiger partial charge in [-0.2, -0.15) is 0 Å². The summed E-state index contributed by atoms with van der Waals surface area (Å²) >= 11 is 0. The first-order valence-corrected chi connectivity index (χ1v) is 6.24. The molecule has 4 nitrogen and oxygen atoms in total. The number of hydrogen-bond donors (Lipinski definition) is 2. The van der Waals surface area contributed by atoms with Gasteiger partial charge in [-0.05, 0) is 24.6 Å². The average molecular weight is 246 g/mol. The molecule has 0 saturated carbocycles. The van der Waals surface area contributed by atoms with Crippen LogP contribution in [0.15, 0.2) is 28.7 Å². The Hall–Kier alpha value is -1.97. The highest BCUT2D eigenvalue weighted by molar-refractivity contribution is 5.92. The minimum Gasteiger partial charge on any atom is -0.441 e. The van der Waals surface area contributed by atoms with Crippen LogP contribution in [0.4, 0.5) is 11.6 Å². The molecule has 2 rings (SSSR count). The Labute approximate surface area is 106 Å². The van der Waals surface area contributed by atoms with E-state index in [2.05, 4.69) is 17.6 Å². The van der Waals surface area contributed by atoms with E-state index in [1.165, 1.54) is 6.92 Å². The summed E-state index contributed by atoms with van der Waals surface area (Å²) in [5, 5.41) is 6.99. The van der Waals surface area contributed by atoms with Gasteiger partial charge in [0.1, 0.15) is 5.58 Å². The normalized spacial score (nSPS) is 10.6. The molecule has 1 aromatic heterocycles. The van der Waals surface area contributed by atoms with E-state index in [-0.39, 0.29) is 5.91 Å². The predicted molar refractivity (Wildman–Crippen MR) is 73.9 cm³/mol. The lowest BCUT2D eigenvalue weighted by Crippen LogP contribution is -2.05. The van der Waals surface area contributed by atoms with Crippen molar-refractivity contribution in [2.45, 2.75) is 26.7 Å². The zero-order valence-electron chi connectivity index (χ0n) is 10.7. The number of unbranched alkanes of at least 4 members (excludes halogenated alkanes) is 1. The van der Waals surface area contributed by atoms with Crippen molar-refractivity contribution in [3.05, 3.63) is 24.3 Å². The summed E-state index contributed by atoms with van der Waals surface area (Å²) in [6, 6.07) is 7.57. The molecule has 0 atom stereocenters. The highest BCUT2D eigenvalue weighted by atomic mass is 16.3. The summed E-state index contributed by atoms with van der Waals surface area (Å²) in [5.41, 5.74) is 1.61. The lowest BCUT2D eigenvalue weighted by molar-refractivity contribution is -0.114. The Morgan fingerprint density at radius 1 is 1.33 bits per heavy atom. The van der Waals surface area contributed by atoms with Gasteiger partial charge in [-0.25, -0.2) is 0 Å². The zero-order valence-corrected chi connectivity index (χ0v) is 10.7. The smallest absolute Gasteiger partial charge is 0.221 e. The molecule has 1 aromatic carbocycles. The Kier molecular flexibility index (Phi) is 3.87. The number of anilines is 2. The van der Waals surface area contributed by atoms with Crippen LogP contribution in [0, 0.1) is 0 Å². The summed E-state index contributed by atoms with van der Waals surface area (Å²) in [4.78, 5) is 11.0. The predicted octanol–water partition coefficient (Wildman–Crippen LogP) is 3.60. The van der Waals surface area contributed by atoms with Crippen molar-refractivity contribution in [3.63, 3.8) is 0 Å². The third-order valence-corrected chi connectivity index (χ3v) is 2.67. The number of nitrogens with one attached hydrogen (secondary N) is 2. The maximum Gasteiger partial charge on any atom is 0.221 e. The fourth-order valence-corrected chi connectivity index (χ4v) is 1.80. The van der Waals surface area contributed by atoms with E-state index >= 15 is 0 Å². The summed E-state index contributed by atoms with van der Waals surface area (Å²) in [5.74, 6) is 0.706. The van der Waals surface area contributed by atoms with Crippen LogP contribution < -0.4 is 10.6 Å². The molecule has 96 valence electrons. The quantitative estimate of drug-likeness (QED) is 0.792. The standard InChI is InChI=1S/C14H18N2O2/c1-3-4-7-15-14-9-11-8-12(16-10(2)17)5-6-13(11)18-14/h5-6,8-9,15H,3-4,7H2,1-2H3,(H,16,17). The molecule has 0 saturated heterocycles. The number of amides is 1. The second-order valence-corrected chi connectivity index (χ2v) is 4.32. The Bertz CT molecular complexity index is 546. The topological polar surface area (TPSA) is 54.3 Å². The van der Waals surface area contributed by atoms with Gasteiger partial charge in [-0.1, -0.05) is 13.3 Å². The van der Waals surface area contributed by atoms with Crippen molar-refractivity contribution in [1.82, 2.24) is 0 Å². The molecular formula is C14H18N2O2. The van der Waals surface area contributed by atoms with E-state index in [1.807, 2.05) is 24.3 Å². The molecular weight excluding hydrogens is 228 g/mol. The van der Waals surface area contributed by atoms with E-state index < -0.39 is 0 Å². The van der Waals surface area contributed by atoms with E-state index in [9.17, 15) is 4.79 Å². The third-order valence-electron chi connectivity index (χ3n) is 2.67. The molecule has 0 unspecified atom stereocenters. The van der Waals surface area contributed by atoms with Gasteiger partial charge in [0.2, 0.25) is 5.91 Å². The van der Waals surface area contributed by atoms with Gasteiger partial charge in [0, 0.05) is 30.6 Å². The van der Waals surface area contributed by atoms with Crippen LogP contribution in [0.25, 0.3) is 11.0 Å². The van der Waals surface area contributed by atoms with Gasteiger partial charge in [0.05, 0.1) is 0 Å². The van der Waals surface area contributed by atoms with Crippen molar-refractivity contribution < 1.29 is 9.21 Å². The van der Waals surface area contributed by atoms with Crippen molar-refractivity contribution in [2.75, 3.05) is 17.2 Å². The molecule has 1 amide bonds. The SMILES string of the molecule is CCCCNc1cc2cc(NC(C)=O)ccc2o1. The minimum absolute atomic E-state index is 0.0702. The number of rotatable bonds is 5. The maximum absolute atomic E-state index is 11.0. The number of furan rings is 1. The van der Waals surface area contributed by atoms with Crippen LogP contribution in [0.2, 0.25) is 0 Å². The zero-order chi connectivity index (χ0) is 13.0. The van der Waals surface area contributed by atoms with E-state index in [0.717, 1.165) is 41.9 Å². The minimum atomic E-state index is -0.0702. The molecule has 0 bridgehead atoms. The fourth-order valence-electron chi connectivity index (χ4n) is 1.80.